The Balaban J connectivity index is 1.95. The average Bonchev–Trinajstić information content (AvgIpc) is 2.91. The van der Waals surface area contributed by atoms with E-state index in [1.54, 1.807) is 42.5 Å². The van der Waals surface area contributed by atoms with E-state index in [-0.39, 0.29) is 28.9 Å². The monoisotopic (exact) mass is 486 g/mol. The maximum Gasteiger partial charge on any atom is 0.471 e. The van der Waals surface area contributed by atoms with Gasteiger partial charge in [0.05, 0.1) is 24.0 Å². The molecular formula is C27H29F3N2O3. The minimum absolute atomic E-state index is 0.0668. The minimum Gasteiger partial charge on any atom is -0.494 e. The zero-order valence-corrected chi connectivity index (χ0v) is 20.0. The molecule has 8 heteroatoms. The van der Waals surface area contributed by atoms with Gasteiger partial charge in [-0.25, -0.2) is 0 Å². The summed E-state index contributed by atoms with van der Waals surface area (Å²) in [7, 11) is 0. The fraction of sp³-hybridized carbons (Fsp3) is 0.407. The number of halogens is 3. The molecular weight excluding hydrogens is 457 g/mol. The number of anilines is 2. The van der Waals surface area contributed by atoms with Gasteiger partial charge in [0.1, 0.15) is 5.75 Å². The molecule has 2 aromatic rings. The first-order valence-electron chi connectivity index (χ1n) is 11.8. The Morgan fingerprint density at radius 2 is 1.89 bits per heavy atom. The number of nitrogens with one attached hydrogen (secondary N) is 1. The van der Waals surface area contributed by atoms with Crippen molar-refractivity contribution in [3.63, 3.8) is 0 Å². The van der Waals surface area contributed by atoms with Crippen LogP contribution in [0.15, 0.2) is 59.8 Å². The van der Waals surface area contributed by atoms with Crippen LogP contribution in [-0.4, -0.2) is 24.5 Å². The molecule has 0 unspecified atom stereocenters. The molecule has 4 rings (SSSR count). The number of ketones is 1. The first-order chi connectivity index (χ1) is 16.5. The number of allylic oxidation sites excluding steroid dienone is 1. The van der Waals surface area contributed by atoms with Crippen molar-refractivity contribution in [1.82, 2.24) is 0 Å². The van der Waals surface area contributed by atoms with Crippen LogP contribution in [0.25, 0.3) is 0 Å². The van der Waals surface area contributed by atoms with Crippen LogP contribution in [0, 0.1) is 5.41 Å². The molecule has 1 aliphatic carbocycles. The summed E-state index contributed by atoms with van der Waals surface area (Å²) in [5, 5.41) is 3.21. The molecule has 0 fully saturated rings. The molecule has 1 heterocycles. The maximum absolute atomic E-state index is 13.9. The highest BCUT2D eigenvalue weighted by Crippen LogP contribution is 2.49. The Morgan fingerprint density at radius 3 is 2.60 bits per heavy atom. The second-order valence-corrected chi connectivity index (χ2v) is 9.83. The van der Waals surface area contributed by atoms with Crippen LogP contribution in [0.1, 0.15) is 58.1 Å². The van der Waals surface area contributed by atoms with Gasteiger partial charge in [0, 0.05) is 17.7 Å². The number of benzene rings is 2. The van der Waals surface area contributed by atoms with Crippen LogP contribution >= 0.6 is 0 Å². The highest BCUT2D eigenvalue weighted by molar-refractivity contribution is 6.07. The smallest absolute Gasteiger partial charge is 0.471 e. The largest absolute Gasteiger partial charge is 0.494 e. The third kappa shape index (κ3) is 5.06. The van der Waals surface area contributed by atoms with Crippen LogP contribution in [0.4, 0.5) is 24.5 Å². The molecule has 35 heavy (non-hydrogen) atoms. The zero-order chi connectivity index (χ0) is 25.4. The van der Waals surface area contributed by atoms with Crippen molar-refractivity contribution in [3.05, 3.63) is 65.4 Å². The van der Waals surface area contributed by atoms with Crippen molar-refractivity contribution in [2.75, 3.05) is 16.8 Å². The maximum atomic E-state index is 13.9. The van der Waals surface area contributed by atoms with Crippen molar-refractivity contribution in [1.29, 1.82) is 0 Å². The van der Waals surface area contributed by atoms with Gasteiger partial charge in [0.25, 0.3) is 0 Å². The third-order valence-corrected chi connectivity index (χ3v) is 6.30. The van der Waals surface area contributed by atoms with Crippen LogP contribution in [0.5, 0.6) is 5.75 Å². The number of ether oxygens (including phenoxy) is 1. The Kier molecular flexibility index (Phi) is 6.66. The number of unbranched alkanes of at least 4 members (excludes halogenated alkanes) is 1. The molecule has 0 saturated carbocycles. The van der Waals surface area contributed by atoms with E-state index in [1.165, 1.54) is 6.07 Å². The number of nitrogens with zero attached hydrogens (tertiary/aromatic N) is 1. The van der Waals surface area contributed by atoms with E-state index < -0.39 is 18.1 Å². The fourth-order valence-electron chi connectivity index (χ4n) is 4.77. The van der Waals surface area contributed by atoms with E-state index in [0.29, 0.717) is 40.6 Å². The molecule has 1 atom stereocenters. The summed E-state index contributed by atoms with van der Waals surface area (Å²) in [5.74, 6) is -1.83. The van der Waals surface area contributed by atoms with Gasteiger partial charge in [0.2, 0.25) is 0 Å². The predicted molar refractivity (Wildman–Crippen MR) is 128 cm³/mol. The normalized spacial score (nSPS) is 19.4. The lowest BCUT2D eigenvalue weighted by molar-refractivity contribution is -0.170. The molecule has 5 nitrogen and oxygen atoms in total. The second kappa shape index (κ2) is 9.40. The van der Waals surface area contributed by atoms with Crippen LogP contribution in [0.3, 0.4) is 0 Å². The zero-order valence-electron chi connectivity index (χ0n) is 20.0. The van der Waals surface area contributed by atoms with Gasteiger partial charge in [-0.3, -0.25) is 14.5 Å². The number of hydrogen-bond donors (Lipinski definition) is 1. The predicted octanol–water partition coefficient (Wildman–Crippen LogP) is 6.57. The van der Waals surface area contributed by atoms with Crippen LogP contribution in [-0.2, 0) is 9.59 Å². The number of para-hydroxylation sites is 2. The Bertz CT molecular complexity index is 1170. The van der Waals surface area contributed by atoms with Gasteiger partial charge in [-0.15, -0.1) is 0 Å². The molecule has 0 saturated heterocycles. The van der Waals surface area contributed by atoms with E-state index in [0.717, 1.165) is 12.8 Å². The molecule has 0 spiro atoms. The van der Waals surface area contributed by atoms with Gasteiger partial charge in [-0.1, -0.05) is 51.5 Å². The minimum atomic E-state index is -5.14. The fourth-order valence-corrected chi connectivity index (χ4v) is 4.77. The summed E-state index contributed by atoms with van der Waals surface area (Å²) in [6.45, 7) is 6.38. The van der Waals surface area contributed by atoms with E-state index >= 15 is 0 Å². The number of fused-ring (bicyclic) bond motifs is 1. The summed E-state index contributed by atoms with van der Waals surface area (Å²) in [5.41, 5.74) is 1.15. The molecule has 0 aromatic heterocycles. The number of carbonyl (C=O) groups is 2. The summed E-state index contributed by atoms with van der Waals surface area (Å²) >= 11 is 0. The van der Waals surface area contributed by atoms with Crippen LogP contribution < -0.4 is 15.0 Å². The van der Waals surface area contributed by atoms with Gasteiger partial charge < -0.3 is 10.1 Å². The van der Waals surface area contributed by atoms with Gasteiger partial charge in [-0.05, 0) is 48.1 Å². The summed E-state index contributed by atoms with van der Waals surface area (Å²) in [4.78, 5) is 27.1. The van der Waals surface area contributed by atoms with Crippen molar-refractivity contribution in [2.45, 2.75) is 58.7 Å². The number of amides is 1. The number of Topliss-reactive ketones (excluding diaryl/α,β-unsaturated/α-hetero) is 1. The van der Waals surface area contributed by atoms with Gasteiger partial charge in [-0.2, -0.15) is 13.2 Å². The standard InChI is InChI=1S/C27H29F3N2O3/c1-4-5-13-35-18-10-8-9-17(14-18)24-23-20(15-26(2,3)16-22(23)33)31-19-11-6-7-12-21(19)32(24)25(34)27(28,29)30/h6-12,14,24,31H,4-5,13,15-16H2,1-3H3/t24-/m0/s1. The molecule has 2 aliphatic rings. The quantitative estimate of drug-likeness (QED) is 0.486. The van der Waals surface area contributed by atoms with E-state index in [2.05, 4.69) is 5.32 Å². The van der Waals surface area contributed by atoms with Crippen molar-refractivity contribution < 1.29 is 27.5 Å². The summed E-state index contributed by atoms with van der Waals surface area (Å²) in [6.07, 6.45) is -2.75. The lowest BCUT2D eigenvalue weighted by Gasteiger charge is -2.37. The van der Waals surface area contributed by atoms with E-state index in [4.69, 9.17) is 4.74 Å². The Morgan fingerprint density at radius 1 is 1.14 bits per heavy atom. The van der Waals surface area contributed by atoms with Crippen molar-refractivity contribution in [3.8, 4) is 5.75 Å². The summed E-state index contributed by atoms with van der Waals surface area (Å²) in [6, 6.07) is 11.8. The third-order valence-electron chi connectivity index (χ3n) is 6.30. The highest BCUT2D eigenvalue weighted by atomic mass is 19.4. The Hall–Kier alpha value is -3.29. The number of hydrogen-bond acceptors (Lipinski definition) is 4. The van der Waals surface area contributed by atoms with E-state index in [1.807, 2.05) is 20.8 Å². The average molecular weight is 487 g/mol. The van der Waals surface area contributed by atoms with Gasteiger partial charge in [0.15, 0.2) is 5.78 Å². The SMILES string of the molecule is CCCCOc1cccc([C@H]2C3=C(CC(C)(C)CC3=O)Nc3ccccc3N2C(=O)C(F)(F)F)c1. The number of alkyl halides is 3. The first kappa shape index (κ1) is 24.8. The highest BCUT2D eigenvalue weighted by Gasteiger charge is 2.50. The van der Waals surface area contributed by atoms with Crippen LogP contribution in [0.2, 0.25) is 0 Å². The molecule has 0 bridgehead atoms. The molecule has 1 amide bonds. The number of carbonyl (C=O) groups excluding carboxylic acids is 2. The molecule has 186 valence electrons. The summed E-state index contributed by atoms with van der Waals surface area (Å²) < 4.78 is 47.6. The first-order valence-corrected chi connectivity index (χ1v) is 11.8. The molecule has 0 radical (unpaired) electrons. The van der Waals surface area contributed by atoms with Crippen molar-refractivity contribution in [2.24, 2.45) is 5.41 Å². The van der Waals surface area contributed by atoms with Crippen molar-refractivity contribution >= 4 is 23.1 Å². The molecule has 2 aromatic carbocycles. The van der Waals surface area contributed by atoms with E-state index in [9.17, 15) is 22.8 Å². The van der Waals surface area contributed by atoms with Gasteiger partial charge >= 0.3 is 12.1 Å². The lowest BCUT2D eigenvalue weighted by atomic mass is 9.73. The topological polar surface area (TPSA) is 58.6 Å². The lowest BCUT2D eigenvalue weighted by Crippen LogP contribution is -2.45. The Labute approximate surface area is 203 Å². The molecule has 1 N–H and O–H groups in total. The number of rotatable bonds is 5. The molecule has 1 aliphatic heterocycles. The second-order valence-electron chi connectivity index (χ2n) is 9.83.